The molecule has 6 rings (SSSR count). The molecule has 0 amide bonds. The molecule has 240 valence electrons. The molecule has 46 heavy (non-hydrogen) atoms. The number of aromatic amines is 2. The highest BCUT2D eigenvalue weighted by molar-refractivity contribution is 8.01. The van der Waals surface area contributed by atoms with E-state index in [0.717, 1.165) is 17.9 Å². The molecule has 3 aromatic carbocycles. The van der Waals surface area contributed by atoms with Gasteiger partial charge < -0.3 is 24.5 Å². The molecular weight excluding hydrogens is 643 g/mol. The van der Waals surface area contributed by atoms with E-state index in [9.17, 15) is 22.7 Å². The second-order valence-corrected chi connectivity index (χ2v) is 15.3. The number of hydrogen-bond donors (Lipinski definition) is 3. The largest absolute Gasteiger partial charge is 0.492 e. The van der Waals surface area contributed by atoms with Crippen molar-refractivity contribution in [2.75, 3.05) is 12.9 Å². The number of carboxylic acids is 1. The third kappa shape index (κ3) is 5.28. The maximum atomic E-state index is 15.2. The van der Waals surface area contributed by atoms with E-state index in [4.69, 9.17) is 9.47 Å². The highest BCUT2D eigenvalue weighted by Gasteiger charge is 2.39. The van der Waals surface area contributed by atoms with E-state index in [0.29, 0.717) is 29.4 Å². The Kier molecular flexibility index (Phi) is 7.63. The number of ether oxygens (including phenoxy) is 2. The van der Waals surface area contributed by atoms with Crippen molar-refractivity contribution >= 4 is 38.5 Å². The molecule has 0 saturated heterocycles. The molecule has 0 bridgehead atoms. The summed E-state index contributed by atoms with van der Waals surface area (Å²) in [4.78, 5) is 22.0. The summed E-state index contributed by atoms with van der Waals surface area (Å²) in [5, 5.41) is 9.56. The molecule has 1 aliphatic heterocycles. The number of aliphatic carboxylic acids is 1. The highest BCUT2D eigenvalue weighted by Crippen LogP contribution is 2.49. The Labute approximate surface area is 266 Å². The van der Waals surface area contributed by atoms with Crippen molar-refractivity contribution in [1.29, 1.82) is 0 Å². The number of imidazole rings is 1. The summed E-state index contributed by atoms with van der Waals surface area (Å²) in [6, 6.07) is 10.2. The number of hydrogen-bond acceptors (Lipinski definition) is 7. The number of para-hydroxylation sites is 1. The van der Waals surface area contributed by atoms with Crippen LogP contribution in [0.2, 0.25) is 0 Å². The van der Waals surface area contributed by atoms with E-state index >= 15 is 8.78 Å². The first kappa shape index (κ1) is 31.5. The molecule has 0 saturated carbocycles. The smallest absolute Gasteiger partial charge is 0.319 e. The van der Waals surface area contributed by atoms with Crippen molar-refractivity contribution < 1.29 is 41.0 Å². The molecule has 3 heterocycles. The van der Waals surface area contributed by atoms with Crippen LogP contribution in [-0.2, 0) is 20.0 Å². The van der Waals surface area contributed by atoms with Crippen molar-refractivity contribution in [2.45, 2.75) is 47.1 Å². The number of nitrogens with one attached hydrogen (secondary N) is 2. The normalized spacial score (nSPS) is 16.7. The number of benzene rings is 3. The minimum absolute atomic E-state index is 0.0587. The standard InChI is InChI=1S/C32H28F3N3O6S2/c1-31(2,30(39)40)45-21-7-5-6-19-26(21)43-13-11-32(19,3)22-15-37-29(38-22)18-14-16(8-9-20(18)33)44-27-24(35)23(34)25-17(10-12-36-25)28(27)46(4,41)42/h5-10,12,14-15,36H,11,13H2,1-4H3,(H,37,38)(H,39,40). The Balaban J connectivity index is 1.38. The van der Waals surface area contributed by atoms with Gasteiger partial charge in [0, 0.05) is 40.7 Å². The Hall–Kier alpha value is -4.43. The summed E-state index contributed by atoms with van der Waals surface area (Å²) in [7, 11) is -4.10. The molecule has 5 aromatic rings. The van der Waals surface area contributed by atoms with Gasteiger partial charge in [0.1, 0.15) is 32.8 Å². The van der Waals surface area contributed by atoms with Crippen LogP contribution in [0.5, 0.6) is 17.2 Å². The topological polar surface area (TPSA) is 134 Å². The summed E-state index contributed by atoms with van der Waals surface area (Å²) in [5.41, 5.74) is 0.362. The first-order valence-corrected chi connectivity index (χ1v) is 16.7. The lowest BCUT2D eigenvalue weighted by Gasteiger charge is -2.36. The van der Waals surface area contributed by atoms with Gasteiger partial charge in [0.25, 0.3) is 0 Å². The zero-order chi connectivity index (χ0) is 33.2. The van der Waals surface area contributed by atoms with E-state index in [1.54, 1.807) is 26.1 Å². The average Bonchev–Trinajstić information content (AvgIpc) is 3.67. The molecule has 1 unspecified atom stereocenters. The van der Waals surface area contributed by atoms with Crippen molar-refractivity contribution in [3.8, 4) is 28.6 Å². The quantitative estimate of drug-likeness (QED) is 0.116. The lowest BCUT2D eigenvalue weighted by atomic mass is 9.75. The predicted octanol–water partition coefficient (Wildman–Crippen LogP) is 7.21. The predicted molar refractivity (Wildman–Crippen MR) is 166 cm³/mol. The van der Waals surface area contributed by atoms with Crippen LogP contribution in [0.3, 0.4) is 0 Å². The van der Waals surface area contributed by atoms with Crippen molar-refractivity contribution in [2.24, 2.45) is 0 Å². The summed E-state index contributed by atoms with van der Waals surface area (Å²) in [6.07, 6.45) is 4.23. The number of halogens is 3. The number of rotatable bonds is 8. The number of sulfone groups is 1. The van der Waals surface area contributed by atoms with E-state index in [2.05, 4.69) is 15.0 Å². The molecule has 2 aromatic heterocycles. The van der Waals surface area contributed by atoms with Gasteiger partial charge in [0.15, 0.2) is 21.4 Å². The molecule has 0 fully saturated rings. The van der Waals surface area contributed by atoms with E-state index in [1.165, 1.54) is 36.2 Å². The number of nitrogens with zero attached hydrogens (tertiary/aromatic N) is 1. The van der Waals surface area contributed by atoms with Crippen molar-refractivity contribution in [3.63, 3.8) is 0 Å². The summed E-state index contributed by atoms with van der Waals surface area (Å²) < 4.78 is 81.1. The van der Waals surface area contributed by atoms with Crippen LogP contribution in [0.4, 0.5) is 13.2 Å². The van der Waals surface area contributed by atoms with Gasteiger partial charge in [-0.2, -0.15) is 4.39 Å². The molecule has 14 heteroatoms. The molecule has 0 aliphatic carbocycles. The number of H-pyrrole nitrogens is 2. The van der Waals surface area contributed by atoms with Crippen LogP contribution in [0, 0.1) is 17.5 Å². The van der Waals surface area contributed by atoms with Crippen LogP contribution in [0.15, 0.2) is 64.6 Å². The average molecular weight is 672 g/mol. The molecule has 3 N–H and O–H groups in total. The first-order valence-electron chi connectivity index (χ1n) is 14.0. The third-order valence-electron chi connectivity index (χ3n) is 8.07. The maximum Gasteiger partial charge on any atom is 0.319 e. The van der Waals surface area contributed by atoms with Crippen LogP contribution >= 0.6 is 11.8 Å². The van der Waals surface area contributed by atoms with Gasteiger partial charge in [-0.3, -0.25) is 4.79 Å². The van der Waals surface area contributed by atoms with E-state index in [1.807, 2.05) is 19.1 Å². The molecular formula is C32H28F3N3O6S2. The molecule has 9 nitrogen and oxygen atoms in total. The number of thioether (sulfide) groups is 1. The fourth-order valence-corrected chi connectivity index (χ4v) is 7.59. The monoisotopic (exact) mass is 671 g/mol. The third-order valence-corrected chi connectivity index (χ3v) is 10.4. The summed E-state index contributed by atoms with van der Waals surface area (Å²) in [5.74, 6) is -4.84. The Morgan fingerprint density at radius 2 is 1.91 bits per heavy atom. The van der Waals surface area contributed by atoms with E-state index in [-0.39, 0.29) is 28.0 Å². The van der Waals surface area contributed by atoms with Crippen LogP contribution in [0.1, 0.15) is 38.4 Å². The first-order chi connectivity index (χ1) is 21.6. The molecule has 1 aliphatic rings. The SMILES string of the molecule is CC(C)(Sc1cccc2c1OCCC2(C)c1cnc(-c2cc(Oc3c(F)c(F)c4[nH]ccc4c3S(C)(=O)=O)ccc2F)[nH]1)C(=O)O. The zero-order valence-corrected chi connectivity index (χ0v) is 26.6. The maximum absolute atomic E-state index is 15.2. The lowest BCUT2D eigenvalue weighted by molar-refractivity contribution is -0.138. The second kappa shape index (κ2) is 11.1. The number of carbonyl (C=O) groups is 1. The van der Waals surface area contributed by atoms with Gasteiger partial charge in [-0.05, 0) is 57.5 Å². The zero-order valence-electron chi connectivity index (χ0n) is 25.0. The molecule has 1 atom stereocenters. The molecule has 0 radical (unpaired) electrons. The highest BCUT2D eigenvalue weighted by atomic mass is 32.2. The number of fused-ring (bicyclic) bond motifs is 2. The van der Waals surface area contributed by atoms with Crippen molar-refractivity contribution in [1.82, 2.24) is 15.0 Å². The Morgan fingerprint density at radius 1 is 1.15 bits per heavy atom. The van der Waals surface area contributed by atoms with Crippen LogP contribution in [-0.4, -0.2) is 52.1 Å². The Morgan fingerprint density at radius 3 is 2.63 bits per heavy atom. The fraction of sp³-hybridized carbons (Fsp3) is 0.250. The Bertz CT molecular complexity index is 2140. The number of aromatic nitrogens is 3. The van der Waals surface area contributed by atoms with Gasteiger partial charge in [0.05, 0.1) is 22.6 Å². The lowest BCUT2D eigenvalue weighted by Crippen LogP contribution is -2.32. The minimum atomic E-state index is -4.10. The number of carboxylic acid groups (broad SMARTS) is 1. The minimum Gasteiger partial charge on any atom is -0.492 e. The van der Waals surface area contributed by atoms with Crippen LogP contribution < -0.4 is 9.47 Å². The second-order valence-electron chi connectivity index (χ2n) is 11.7. The summed E-state index contributed by atoms with van der Waals surface area (Å²) >= 11 is 1.17. The van der Waals surface area contributed by atoms with Gasteiger partial charge >= 0.3 is 5.97 Å². The van der Waals surface area contributed by atoms with Gasteiger partial charge in [-0.1, -0.05) is 12.1 Å². The van der Waals surface area contributed by atoms with Gasteiger partial charge in [-0.15, -0.1) is 11.8 Å². The van der Waals surface area contributed by atoms with Gasteiger partial charge in [0.2, 0.25) is 5.82 Å². The van der Waals surface area contributed by atoms with Crippen LogP contribution in [0.25, 0.3) is 22.3 Å². The summed E-state index contributed by atoms with van der Waals surface area (Å²) in [6.45, 7) is 5.53. The fourth-order valence-electron chi connectivity index (χ4n) is 5.51. The van der Waals surface area contributed by atoms with Crippen molar-refractivity contribution in [3.05, 3.63) is 83.6 Å². The van der Waals surface area contributed by atoms with Gasteiger partial charge in [-0.25, -0.2) is 22.2 Å². The molecule has 0 spiro atoms. The van der Waals surface area contributed by atoms with E-state index < -0.39 is 54.1 Å².